The van der Waals surface area contributed by atoms with Crippen molar-refractivity contribution in [2.24, 2.45) is 5.41 Å². The quantitative estimate of drug-likeness (QED) is 0.603. The van der Waals surface area contributed by atoms with Crippen molar-refractivity contribution in [1.82, 2.24) is 4.98 Å². The molecule has 0 spiro atoms. The fourth-order valence-corrected chi connectivity index (χ4v) is 4.32. The Morgan fingerprint density at radius 1 is 1.04 bits per heavy atom. The van der Waals surface area contributed by atoms with Gasteiger partial charge in [-0.3, -0.25) is 9.78 Å². The van der Waals surface area contributed by atoms with Crippen LogP contribution in [0, 0.1) is 5.41 Å². The fraction of sp³-hybridized carbons (Fsp3) is 0.304. The molecule has 1 amide bonds. The molecule has 1 aliphatic carbocycles. The van der Waals surface area contributed by atoms with Gasteiger partial charge in [0.1, 0.15) is 0 Å². The summed E-state index contributed by atoms with van der Waals surface area (Å²) < 4.78 is 0. The average molecular weight is 379 g/mol. The Bertz CT molecular complexity index is 963. The van der Waals surface area contributed by atoms with Gasteiger partial charge < -0.3 is 5.32 Å². The van der Waals surface area contributed by atoms with Gasteiger partial charge in [-0.25, -0.2) is 0 Å². The molecule has 4 heteroatoms. The van der Waals surface area contributed by atoms with Crippen molar-refractivity contribution in [3.63, 3.8) is 0 Å². The number of hydrogen-bond donors (Lipinski definition) is 1. The van der Waals surface area contributed by atoms with Crippen LogP contribution in [0.3, 0.4) is 0 Å². The minimum Gasteiger partial charge on any atom is -0.324 e. The van der Waals surface area contributed by atoms with Gasteiger partial charge >= 0.3 is 0 Å². The number of fused-ring (bicyclic) bond motifs is 1. The van der Waals surface area contributed by atoms with E-state index in [9.17, 15) is 4.79 Å². The number of anilines is 1. The van der Waals surface area contributed by atoms with E-state index in [4.69, 9.17) is 11.6 Å². The lowest BCUT2D eigenvalue weighted by Gasteiger charge is -2.36. The van der Waals surface area contributed by atoms with Crippen molar-refractivity contribution in [3.8, 4) is 0 Å². The van der Waals surface area contributed by atoms with Gasteiger partial charge in [0.05, 0.1) is 22.8 Å². The molecule has 0 unspecified atom stereocenters. The molecular formula is C23H23ClN2O. The summed E-state index contributed by atoms with van der Waals surface area (Å²) in [5.74, 6) is 0.0826. The number of carbonyl (C=O) groups excluding carboxylic acids is 1. The molecule has 0 atom stereocenters. The van der Waals surface area contributed by atoms with Gasteiger partial charge in [-0.05, 0) is 43.0 Å². The number of hydrogen-bond acceptors (Lipinski definition) is 2. The maximum Gasteiger partial charge on any atom is 0.230 e. The van der Waals surface area contributed by atoms with E-state index in [1.54, 1.807) is 6.20 Å². The van der Waals surface area contributed by atoms with Crippen molar-refractivity contribution in [2.75, 3.05) is 5.32 Å². The van der Waals surface area contributed by atoms with Crippen LogP contribution in [0.15, 0.2) is 60.8 Å². The van der Waals surface area contributed by atoms with E-state index in [1.165, 1.54) is 6.42 Å². The Morgan fingerprint density at radius 2 is 1.78 bits per heavy atom. The molecule has 138 valence electrons. The Balaban J connectivity index is 1.61. The predicted octanol–water partition coefficient (Wildman–Crippen LogP) is 6.02. The highest BCUT2D eigenvalue weighted by atomic mass is 35.5. The van der Waals surface area contributed by atoms with Crippen LogP contribution >= 0.6 is 11.6 Å². The van der Waals surface area contributed by atoms with Gasteiger partial charge in [0, 0.05) is 10.4 Å². The Labute approximate surface area is 164 Å². The molecular weight excluding hydrogens is 356 g/mol. The summed E-state index contributed by atoms with van der Waals surface area (Å²) in [6.07, 6.45) is 7.55. The van der Waals surface area contributed by atoms with Crippen LogP contribution in [0.25, 0.3) is 10.9 Å². The van der Waals surface area contributed by atoms with Crippen LogP contribution in [-0.4, -0.2) is 10.9 Å². The smallest absolute Gasteiger partial charge is 0.230 e. The third kappa shape index (κ3) is 3.84. The van der Waals surface area contributed by atoms with Gasteiger partial charge in [-0.1, -0.05) is 67.3 Å². The second-order valence-electron chi connectivity index (χ2n) is 7.48. The van der Waals surface area contributed by atoms with Crippen molar-refractivity contribution >= 4 is 34.1 Å². The van der Waals surface area contributed by atoms with Crippen LogP contribution in [0.4, 0.5) is 5.69 Å². The van der Waals surface area contributed by atoms with Gasteiger partial charge in [0.15, 0.2) is 0 Å². The summed E-state index contributed by atoms with van der Waals surface area (Å²) in [6, 6.07) is 17.8. The highest BCUT2D eigenvalue weighted by Crippen LogP contribution is 2.41. The molecule has 1 aromatic heterocycles. The van der Waals surface area contributed by atoms with E-state index >= 15 is 0 Å². The number of para-hydroxylation sites is 1. The summed E-state index contributed by atoms with van der Waals surface area (Å²) in [6.45, 7) is 0. The third-order valence-corrected chi connectivity index (χ3v) is 6.00. The first kappa shape index (κ1) is 18.0. The third-order valence-electron chi connectivity index (χ3n) is 5.63. The van der Waals surface area contributed by atoms with Crippen LogP contribution in [0.2, 0.25) is 5.02 Å². The maximum atomic E-state index is 13.4. The highest BCUT2D eigenvalue weighted by Gasteiger charge is 2.40. The first-order valence-electron chi connectivity index (χ1n) is 9.56. The SMILES string of the molecule is O=C(Nc1cnc2ccccc2c1)C1(Cc2ccccc2Cl)CCCCC1. The lowest BCUT2D eigenvalue weighted by atomic mass is 9.69. The normalized spacial score (nSPS) is 16.2. The number of amides is 1. The lowest BCUT2D eigenvalue weighted by Crippen LogP contribution is -2.40. The summed E-state index contributed by atoms with van der Waals surface area (Å²) in [5, 5.41) is 4.91. The minimum atomic E-state index is -0.408. The Morgan fingerprint density at radius 3 is 2.59 bits per heavy atom. The number of aromatic nitrogens is 1. The number of nitrogens with one attached hydrogen (secondary N) is 1. The number of rotatable bonds is 4. The molecule has 3 aromatic rings. The number of halogens is 1. The molecule has 1 fully saturated rings. The molecule has 0 aliphatic heterocycles. The lowest BCUT2D eigenvalue weighted by molar-refractivity contribution is -0.127. The molecule has 1 heterocycles. The predicted molar refractivity (Wildman–Crippen MR) is 111 cm³/mol. The molecule has 1 saturated carbocycles. The van der Waals surface area contributed by atoms with E-state index in [0.29, 0.717) is 6.42 Å². The van der Waals surface area contributed by atoms with Crippen molar-refractivity contribution in [1.29, 1.82) is 0 Å². The summed E-state index contributed by atoms with van der Waals surface area (Å²) >= 11 is 6.39. The zero-order valence-electron chi connectivity index (χ0n) is 15.2. The van der Waals surface area contributed by atoms with E-state index in [2.05, 4.69) is 10.3 Å². The number of carbonyl (C=O) groups is 1. The van der Waals surface area contributed by atoms with E-state index in [0.717, 1.165) is 52.9 Å². The van der Waals surface area contributed by atoms with E-state index in [1.807, 2.05) is 54.6 Å². The van der Waals surface area contributed by atoms with Gasteiger partial charge in [0.25, 0.3) is 0 Å². The van der Waals surface area contributed by atoms with Crippen LogP contribution in [-0.2, 0) is 11.2 Å². The van der Waals surface area contributed by atoms with Crippen LogP contribution in [0.5, 0.6) is 0 Å². The summed E-state index contributed by atoms with van der Waals surface area (Å²) in [4.78, 5) is 17.8. The molecule has 3 nitrogen and oxygen atoms in total. The Hall–Kier alpha value is -2.39. The van der Waals surface area contributed by atoms with E-state index in [-0.39, 0.29) is 5.91 Å². The summed E-state index contributed by atoms with van der Waals surface area (Å²) in [5.41, 5.74) is 2.32. The monoisotopic (exact) mass is 378 g/mol. The van der Waals surface area contributed by atoms with Crippen LogP contribution < -0.4 is 5.32 Å². The number of benzene rings is 2. The number of pyridine rings is 1. The van der Waals surface area contributed by atoms with Gasteiger partial charge in [-0.15, -0.1) is 0 Å². The summed E-state index contributed by atoms with van der Waals surface area (Å²) in [7, 11) is 0. The first-order chi connectivity index (χ1) is 13.2. The standard InChI is InChI=1S/C23H23ClN2O/c24-20-10-4-2-9-18(20)15-23(12-6-1-7-13-23)22(27)26-19-14-17-8-3-5-11-21(17)25-16-19/h2-5,8-11,14,16H,1,6-7,12-13,15H2,(H,26,27). The molecule has 1 N–H and O–H groups in total. The molecule has 4 rings (SSSR count). The van der Waals surface area contributed by atoms with Crippen molar-refractivity contribution in [2.45, 2.75) is 38.5 Å². The maximum absolute atomic E-state index is 13.4. The fourth-order valence-electron chi connectivity index (χ4n) is 4.12. The average Bonchev–Trinajstić information content (AvgIpc) is 2.70. The van der Waals surface area contributed by atoms with Gasteiger partial charge in [-0.2, -0.15) is 0 Å². The molecule has 0 saturated heterocycles. The molecule has 2 aromatic carbocycles. The molecule has 1 aliphatic rings. The van der Waals surface area contributed by atoms with E-state index < -0.39 is 5.41 Å². The van der Waals surface area contributed by atoms with Crippen molar-refractivity contribution in [3.05, 3.63) is 71.4 Å². The zero-order chi connectivity index (χ0) is 18.7. The highest BCUT2D eigenvalue weighted by molar-refractivity contribution is 6.31. The molecule has 0 radical (unpaired) electrons. The topological polar surface area (TPSA) is 42.0 Å². The Kier molecular flexibility index (Phi) is 5.13. The second-order valence-corrected chi connectivity index (χ2v) is 7.89. The molecule has 0 bridgehead atoms. The van der Waals surface area contributed by atoms with Crippen LogP contribution in [0.1, 0.15) is 37.7 Å². The second kappa shape index (κ2) is 7.69. The van der Waals surface area contributed by atoms with Crippen molar-refractivity contribution < 1.29 is 4.79 Å². The minimum absolute atomic E-state index is 0.0826. The van der Waals surface area contributed by atoms with Gasteiger partial charge in [0.2, 0.25) is 5.91 Å². The largest absolute Gasteiger partial charge is 0.324 e. The first-order valence-corrected chi connectivity index (χ1v) is 9.94. The zero-order valence-corrected chi connectivity index (χ0v) is 16.0. The molecule has 27 heavy (non-hydrogen) atoms. The number of nitrogens with zero attached hydrogens (tertiary/aromatic N) is 1.